The SMILES string of the molecule is COC=Cc1cc(-c2ccon2)ccc1C. The second-order valence-corrected chi connectivity index (χ2v) is 3.49. The van der Waals surface area contributed by atoms with Gasteiger partial charge in [-0.05, 0) is 30.2 Å². The number of hydrogen-bond donors (Lipinski definition) is 0. The molecule has 0 unspecified atom stereocenters. The van der Waals surface area contributed by atoms with Crippen LogP contribution in [-0.4, -0.2) is 12.3 Å². The van der Waals surface area contributed by atoms with Crippen LogP contribution in [0.2, 0.25) is 0 Å². The maximum Gasteiger partial charge on any atom is 0.124 e. The van der Waals surface area contributed by atoms with Gasteiger partial charge >= 0.3 is 0 Å². The molecule has 1 aromatic carbocycles. The molecule has 0 N–H and O–H groups in total. The first-order chi connectivity index (χ1) is 7.81. The quantitative estimate of drug-likeness (QED) is 0.737. The average Bonchev–Trinajstić information content (AvgIpc) is 2.81. The zero-order chi connectivity index (χ0) is 11.4. The molecule has 2 aromatic rings. The molecule has 0 aliphatic rings. The number of methoxy groups -OCH3 is 1. The van der Waals surface area contributed by atoms with Crippen molar-refractivity contribution in [1.29, 1.82) is 0 Å². The van der Waals surface area contributed by atoms with E-state index in [1.165, 1.54) is 5.56 Å². The van der Waals surface area contributed by atoms with Crippen LogP contribution in [0.1, 0.15) is 11.1 Å². The Morgan fingerprint density at radius 3 is 2.88 bits per heavy atom. The van der Waals surface area contributed by atoms with Crippen LogP contribution in [0, 0.1) is 6.92 Å². The van der Waals surface area contributed by atoms with Crippen molar-refractivity contribution in [2.24, 2.45) is 0 Å². The highest BCUT2D eigenvalue weighted by Crippen LogP contribution is 2.21. The normalized spacial score (nSPS) is 10.9. The lowest BCUT2D eigenvalue weighted by atomic mass is 10.0. The van der Waals surface area contributed by atoms with Gasteiger partial charge in [-0.2, -0.15) is 0 Å². The van der Waals surface area contributed by atoms with Crippen LogP contribution in [0.5, 0.6) is 0 Å². The van der Waals surface area contributed by atoms with Crippen LogP contribution < -0.4 is 0 Å². The molecular formula is C13H13NO2. The Morgan fingerprint density at radius 2 is 2.19 bits per heavy atom. The highest BCUT2D eigenvalue weighted by Gasteiger charge is 2.03. The van der Waals surface area contributed by atoms with Crippen molar-refractivity contribution >= 4 is 6.08 Å². The van der Waals surface area contributed by atoms with E-state index >= 15 is 0 Å². The lowest BCUT2D eigenvalue weighted by Crippen LogP contribution is -1.84. The van der Waals surface area contributed by atoms with Crippen molar-refractivity contribution < 1.29 is 9.26 Å². The van der Waals surface area contributed by atoms with Crippen molar-refractivity contribution in [1.82, 2.24) is 5.16 Å². The first-order valence-corrected chi connectivity index (χ1v) is 5.02. The first-order valence-electron chi connectivity index (χ1n) is 5.02. The van der Waals surface area contributed by atoms with Crippen molar-refractivity contribution in [3.05, 3.63) is 47.9 Å². The Balaban J connectivity index is 2.39. The molecule has 0 bridgehead atoms. The maximum absolute atomic E-state index is 4.92. The van der Waals surface area contributed by atoms with Gasteiger partial charge in [0.15, 0.2) is 0 Å². The van der Waals surface area contributed by atoms with E-state index in [0.29, 0.717) is 0 Å². The summed E-state index contributed by atoms with van der Waals surface area (Å²) < 4.78 is 9.74. The van der Waals surface area contributed by atoms with Crippen LogP contribution in [0.15, 0.2) is 41.3 Å². The minimum absolute atomic E-state index is 0.840. The molecule has 0 aliphatic carbocycles. The summed E-state index contributed by atoms with van der Waals surface area (Å²) in [5, 5.41) is 3.91. The number of rotatable bonds is 3. The molecule has 0 amide bonds. The van der Waals surface area contributed by atoms with Gasteiger partial charge < -0.3 is 9.26 Å². The number of aryl methyl sites for hydroxylation is 1. The van der Waals surface area contributed by atoms with Gasteiger partial charge in [-0.15, -0.1) is 0 Å². The molecule has 3 nitrogen and oxygen atoms in total. The molecule has 0 radical (unpaired) electrons. The van der Waals surface area contributed by atoms with Crippen molar-refractivity contribution in [3.63, 3.8) is 0 Å². The van der Waals surface area contributed by atoms with E-state index in [-0.39, 0.29) is 0 Å². The van der Waals surface area contributed by atoms with Gasteiger partial charge in [-0.1, -0.05) is 17.3 Å². The highest BCUT2D eigenvalue weighted by atomic mass is 16.5. The zero-order valence-electron chi connectivity index (χ0n) is 9.31. The summed E-state index contributed by atoms with van der Waals surface area (Å²) in [6.45, 7) is 2.06. The summed E-state index contributed by atoms with van der Waals surface area (Å²) in [5.74, 6) is 0. The Kier molecular flexibility index (Phi) is 3.05. The minimum Gasteiger partial charge on any atom is -0.504 e. The van der Waals surface area contributed by atoms with Crippen LogP contribution in [0.3, 0.4) is 0 Å². The van der Waals surface area contributed by atoms with Crippen molar-refractivity contribution in [3.8, 4) is 11.3 Å². The average molecular weight is 215 g/mol. The predicted molar refractivity (Wildman–Crippen MR) is 62.7 cm³/mol. The van der Waals surface area contributed by atoms with Gasteiger partial charge in [-0.3, -0.25) is 0 Å². The molecule has 1 aromatic heterocycles. The fourth-order valence-electron chi connectivity index (χ4n) is 1.48. The van der Waals surface area contributed by atoms with E-state index in [2.05, 4.69) is 24.2 Å². The number of benzene rings is 1. The third-order valence-electron chi connectivity index (χ3n) is 2.40. The number of aromatic nitrogens is 1. The third-order valence-corrected chi connectivity index (χ3v) is 2.40. The standard InChI is InChI=1S/C13H13NO2/c1-10-3-4-12(13-6-8-16-14-13)9-11(10)5-7-15-2/h3-9H,1-2H3. The first kappa shape index (κ1) is 10.5. The van der Waals surface area contributed by atoms with E-state index in [1.807, 2.05) is 18.2 Å². The topological polar surface area (TPSA) is 35.3 Å². The van der Waals surface area contributed by atoms with E-state index in [0.717, 1.165) is 16.8 Å². The molecule has 0 atom stereocenters. The Morgan fingerprint density at radius 1 is 1.31 bits per heavy atom. The lowest BCUT2D eigenvalue weighted by Gasteiger charge is -2.02. The third kappa shape index (κ3) is 2.14. The molecule has 82 valence electrons. The van der Waals surface area contributed by atoms with Crippen LogP contribution >= 0.6 is 0 Å². The number of ether oxygens (including phenoxy) is 1. The minimum atomic E-state index is 0.840. The van der Waals surface area contributed by atoms with E-state index < -0.39 is 0 Å². The molecule has 3 heteroatoms. The predicted octanol–water partition coefficient (Wildman–Crippen LogP) is 3.27. The summed E-state index contributed by atoms with van der Waals surface area (Å²) in [6.07, 6.45) is 5.16. The summed E-state index contributed by atoms with van der Waals surface area (Å²) in [5.41, 5.74) is 4.19. The monoisotopic (exact) mass is 215 g/mol. The summed E-state index contributed by atoms with van der Waals surface area (Å²) in [4.78, 5) is 0. The molecule has 0 spiro atoms. The van der Waals surface area contributed by atoms with Gasteiger partial charge in [0.05, 0.1) is 13.4 Å². The number of nitrogens with zero attached hydrogens (tertiary/aromatic N) is 1. The van der Waals surface area contributed by atoms with Gasteiger partial charge in [0.25, 0.3) is 0 Å². The van der Waals surface area contributed by atoms with Crippen LogP contribution in [-0.2, 0) is 4.74 Å². The lowest BCUT2D eigenvalue weighted by molar-refractivity contribution is 0.341. The summed E-state index contributed by atoms with van der Waals surface area (Å²) in [7, 11) is 1.63. The van der Waals surface area contributed by atoms with Crippen molar-refractivity contribution in [2.75, 3.05) is 7.11 Å². The fraction of sp³-hybridized carbons (Fsp3) is 0.154. The second kappa shape index (κ2) is 4.66. The molecule has 0 saturated heterocycles. The Labute approximate surface area is 94.3 Å². The summed E-state index contributed by atoms with van der Waals surface area (Å²) >= 11 is 0. The Bertz CT molecular complexity index is 487. The maximum atomic E-state index is 4.92. The molecule has 1 heterocycles. The number of hydrogen-bond acceptors (Lipinski definition) is 3. The van der Waals surface area contributed by atoms with Gasteiger partial charge in [0.1, 0.15) is 12.0 Å². The fourth-order valence-corrected chi connectivity index (χ4v) is 1.48. The summed E-state index contributed by atoms with van der Waals surface area (Å²) in [6, 6.07) is 7.98. The second-order valence-electron chi connectivity index (χ2n) is 3.49. The molecule has 16 heavy (non-hydrogen) atoms. The van der Waals surface area contributed by atoms with Crippen LogP contribution in [0.25, 0.3) is 17.3 Å². The van der Waals surface area contributed by atoms with E-state index in [4.69, 9.17) is 9.26 Å². The molecule has 2 rings (SSSR count). The molecule has 0 fully saturated rings. The largest absolute Gasteiger partial charge is 0.504 e. The molecule has 0 aliphatic heterocycles. The molecule has 0 saturated carbocycles. The Hall–Kier alpha value is -2.03. The van der Waals surface area contributed by atoms with E-state index in [9.17, 15) is 0 Å². The van der Waals surface area contributed by atoms with Gasteiger partial charge in [0.2, 0.25) is 0 Å². The van der Waals surface area contributed by atoms with Crippen LogP contribution in [0.4, 0.5) is 0 Å². The highest BCUT2D eigenvalue weighted by molar-refractivity contribution is 5.65. The van der Waals surface area contributed by atoms with Gasteiger partial charge in [-0.25, -0.2) is 0 Å². The van der Waals surface area contributed by atoms with Gasteiger partial charge in [0, 0.05) is 11.6 Å². The smallest absolute Gasteiger partial charge is 0.124 e. The molecular weight excluding hydrogens is 202 g/mol. The van der Waals surface area contributed by atoms with Crippen molar-refractivity contribution in [2.45, 2.75) is 6.92 Å². The van der Waals surface area contributed by atoms with E-state index in [1.54, 1.807) is 19.6 Å². The zero-order valence-corrected chi connectivity index (χ0v) is 9.31.